The fraction of sp³-hybridized carbons (Fsp3) is 0.333. The van der Waals surface area contributed by atoms with Crippen LogP contribution in [0.2, 0.25) is 0 Å². The van der Waals surface area contributed by atoms with Crippen LogP contribution in [0.1, 0.15) is 22.3 Å². The van der Waals surface area contributed by atoms with Gasteiger partial charge in [0, 0.05) is 78.5 Å². The molecule has 0 fully saturated rings. The van der Waals surface area contributed by atoms with Crippen molar-refractivity contribution in [3.8, 4) is 22.3 Å². The molecule has 4 aromatic rings. The second-order valence-electron chi connectivity index (χ2n) is 11.0. The Bertz CT molecular complexity index is 1160. The van der Waals surface area contributed by atoms with Gasteiger partial charge >= 0.3 is 0 Å². The van der Waals surface area contributed by atoms with Gasteiger partial charge in [0.25, 0.3) is 0 Å². The summed E-state index contributed by atoms with van der Waals surface area (Å²) in [4.78, 5) is 0. The lowest BCUT2D eigenvalue weighted by Gasteiger charge is -2.12. The molecule has 0 spiro atoms. The van der Waals surface area contributed by atoms with Gasteiger partial charge in [0.15, 0.2) is 0 Å². The third-order valence-electron chi connectivity index (χ3n) is 7.61. The second kappa shape index (κ2) is 16.9. The van der Waals surface area contributed by atoms with Crippen molar-refractivity contribution in [3.63, 3.8) is 0 Å². The van der Waals surface area contributed by atoms with Crippen molar-refractivity contribution in [2.24, 2.45) is 0 Å². The van der Waals surface area contributed by atoms with E-state index in [-0.39, 0.29) is 0 Å². The summed E-state index contributed by atoms with van der Waals surface area (Å²) in [6.45, 7) is 11.1. The highest BCUT2D eigenvalue weighted by atomic mass is 15.0. The molecule has 0 radical (unpaired) electrons. The van der Waals surface area contributed by atoms with E-state index < -0.39 is 0 Å². The third-order valence-corrected chi connectivity index (χ3v) is 7.61. The maximum Gasteiger partial charge on any atom is 0.0206 e. The summed E-state index contributed by atoms with van der Waals surface area (Å²) in [6, 6.07) is 35.5. The van der Waals surface area contributed by atoms with Gasteiger partial charge in [-0.05, 0) is 68.8 Å². The van der Waals surface area contributed by atoms with Crippen LogP contribution in [0.3, 0.4) is 0 Å². The van der Waals surface area contributed by atoms with Crippen LogP contribution in [-0.2, 0) is 26.2 Å². The lowest BCUT2D eigenvalue weighted by Crippen LogP contribution is -2.32. The number of benzene rings is 4. The van der Waals surface area contributed by atoms with Crippen LogP contribution < -0.4 is 31.9 Å². The Morgan fingerprint density at radius 2 is 0.524 bits per heavy atom. The number of rotatable bonds is 0. The molecule has 42 heavy (non-hydrogen) atoms. The lowest BCUT2D eigenvalue weighted by molar-refractivity contribution is 0.580. The van der Waals surface area contributed by atoms with E-state index in [1.807, 2.05) is 0 Å². The molecule has 0 aromatic heterocycles. The SMILES string of the molecule is c1cc2cc(c1)-c1cccc(c1)CNCCNCCNCc1cccc(c1)-c1cccc(c1)CNCCNCCNC2. The monoisotopic (exact) mass is 562 g/mol. The largest absolute Gasteiger partial charge is 0.314 e. The minimum Gasteiger partial charge on any atom is -0.314 e. The number of nitrogens with one attached hydrogen (secondary N) is 6. The molecule has 0 amide bonds. The fourth-order valence-corrected chi connectivity index (χ4v) is 5.33. The van der Waals surface area contributed by atoms with Crippen molar-refractivity contribution < 1.29 is 0 Å². The zero-order valence-electron chi connectivity index (χ0n) is 24.7. The molecule has 220 valence electrons. The predicted molar refractivity (Wildman–Crippen MR) is 176 cm³/mol. The van der Waals surface area contributed by atoms with Crippen molar-refractivity contribution in [1.82, 2.24) is 31.9 Å². The number of hydrogen-bond donors (Lipinski definition) is 6. The van der Waals surface area contributed by atoms with Crippen molar-refractivity contribution in [2.45, 2.75) is 26.2 Å². The van der Waals surface area contributed by atoms with Gasteiger partial charge in [-0.2, -0.15) is 0 Å². The summed E-state index contributed by atoms with van der Waals surface area (Å²) in [5.74, 6) is 0. The van der Waals surface area contributed by atoms with E-state index in [0.717, 1.165) is 78.5 Å². The zero-order chi connectivity index (χ0) is 28.7. The van der Waals surface area contributed by atoms with Crippen LogP contribution in [-0.4, -0.2) is 52.4 Å². The highest BCUT2D eigenvalue weighted by molar-refractivity contribution is 5.65. The van der Waals surface area contributed by atoms with Crippen LogP contribution in [0.25, 0.3) is 22.3 Å². The first-order valence-corrected chi connectivity index (χ1v) is 15.4. The summed E-state index contributed by atoms with van der Waals surface area (Å²) in [7, 11) is 0. The standard InChI is InChI=1S/C36H46N6/c1-5-29-21-33(9-1)34-10-2-6-30(22-34)26-40-18-15-38-16-20-42-28-32-8-4-12-36(24-32)35-11-3-7-31(23-35)27-41-19-14-37-13-17-39-25-29/h1-12,21-24,37-42H,13-20,25-28H2. The van der Waals surface area contributed by atoms with Gasteiger partial charge in [-0.25, -0.2) is 0 Å². The molecule has 4 aromatic carbocycles. The highest BCUT2D eigenvalue weighted by Crippen LogP contribution is 2.23. The van der Waals surface area contributed by atoms with Crippen molar-refractivity contribution in [3.05, 3.63) is 119 Å². The van der Waals surface area contributed by atoms with Crippen molar-refractivity contribution >= 4 is 0 Å². The minimum absolute atomic E-state index is 0.872. The van der Waals surface area contributed by atoms with Crippen LogP contribution >= 0.6 is 0 Å². The minimum atomic E-state index is 0.872. The molecule has 0 saturated heterocycles. The molecule has 1 aliphatic heterocycles. The molecule has 1 heterocycles. The van der Waals surface area contributed by atoms with Gasteiger partial charge in [-0.15, -0.1) is 0 Å². The summed E-state index contributed by atoms with van der Waals surface area (Å²) in [5.41, 5.74) is 10.3. The fourth-order valence-electron chi connectivity index (χ4n) is 5.33. The van der Waals surface area contributed by atoms with Gasteiger partial charge in [0.1, 0.15) is 0 Å². The normalized spacial score (nSPS) is 16.8. The van der Waals surface area contributed by atoms with Crippen molar-refractivity contribution in [1.29, 1.82) is 0 Å². The maximum absolute atomic E-state index is 3.58. The molecule has 6 nitrogen and oxygen atoms in total. The Labute approximate surface area is 251 Å². The van der Waals surface area contributed by atoms with E-state index in [0.29, 0.717) is 0 Å². The first-order chi connectivity index (χ1) is 20.8. The van der Waals surface area contributed by atoms with Gasteiger partial charge < -0.3 is 31.9 Å². The average molecular weight is 563 g/mol. The summed E-state index contributed by atoms with van der Waals surface area (Å²) in [6.07, 6.45) is 0. The summed E-state index contributed by atoms with van der Waals surface area (Å²) >= 11 is 0. The Hall–Kier alpha value is -3.36. The van der Waals surface area contributed by atoms with E-state index in [2.05, 4.69) is 129 Å². The van der Waals surface area contributed by atoms with Crippen LogP contribution in [0, 0.1) is 0 Å². The van der Waals surface area contributed by atoms with E-state index >= 15 is 0 Å². The Morgan fingerprint density at radius 1 is 0.286 bits per heavy atom. The molecular weight excluding hydrogens is 516 g/mol. The van der Waals surface area contributed by atoms with E-state index in [4.69, 9.17) is 0 Å². The van der Waals surface area contributed by atoms with Gasteiger partial charge in [0.05, 0.1) is 0 Å². The Kier molecular flexibility index (Phi) is 12.1. The van der Waals surface area contributed by atoms with Gasteiger partial charge in [0.2, 0.25) is 0 Å². The molecule has 0 aliphatic carbocycles. The Balaban J connectivity index is 1.17. The lowest BCUT2D eigenvalue weighted by atomic mass is 10.0. The molecule has 8 bridgehead atoms. The molecule has 6 heteroatoms. The smallest absolute Gasteiger partial charge is 0.0206 e. The van der Waals surface area contributed by atoms with Gasteiger partial charge in [-0.1, -0.05) is 72.8 Å². The number of fused-ring (bicyclic) bond motifs is 10. The van der Waals surface area contributed by atoms with Crippen LogP contribution in [0.4, 0.5) is 0 Å². The first-order valence-electron chi connectivity index (χ1n) is 15.4. The summed E-state index contributed by atoms with van der Waals surface area (Å²) < 4.78 is 0. The molecular formula is C36H46N6. The zero-order valence-corrected chi connectivity index (χ0v) is 24.7. The predicted octanol–water partition coefficient (Wildman–Crippen LogP) is 4.27. The maximum atomic E-state index is 3.58. The van der Waals surface area contributed by atoms with Crippen molar-refractivity contribution in [2.75, 3.05) is 52.4 Å². The third kappa shape index (κ3) is 9.88. The highest BCUT2D eigenvalue weighted by Gasteiger charge is 2.04. The molecule has 1 aliphatic rings. The van der Waals surface area contributed by atoms with E-state index in [1.54, 1.807) is 0 Å². The molecule has 0 unspecified atom stereocenters. The van der Waals surface area contributed by atoms with Crippen LogP contribution in [0.5, 0.6) is 0 Å². The molecule has 5 rings (SSSR count). The van der Waals surface area contributed by atoms with E-state index in [9.17, 15) is 0 Å². The van der Waals surface area contributed by atoms with Crippen LogP contribution in [0.15, 0.2) is 97.1 Å². The molecule has 0 saturated carbocycles. The van der Waals surface area contributed by atoms with Gasteiger partial charge in [-0.3, -0.25) is 0 Å². The van der Waals surface area contributed by atoms with E-state index in [1.165, 1.54) is 44.5 Å². The summed E-state index contributed by atoms with van der Waals surface area (Å²) in [5, 5.41) is 21.4. The molecule has 6 N–H and O–H groups in total. The first kappa shape index (κ1) is 30.1. The second-order valence-corrected chi connectivity index (χ2v) is 11.0. The molecule has 0 atom stereocenters. The topological polar surface area (TPSA) is 72.2 Å². The average Bonchev–Trinajstić information content (AvgIpc) is 3.03. The number of hydrogen-bond acceptors (Lipinski definition) is 6. The quantitative estimate of drug-likeness (QED) is 0.192. The Morgan fingerprint density at radius 3 is 0.786 bits per heavy atom.